The summed E-state index contributed by atoms with van der Waals surface area (Å²) in [4.78, 5) is 21.7. The first-order valence-corrected chi connectivity index (χ1v) is 10.4. The van der Waals surface area contributed by atoms with Crippen LogP contribution in [0.4, 0.5) is 0 Å². The van der Waals surface area contributed by atoms with Gasteiger partial charge in [0.2, 0.25) is 15.9 Å². The molecule has 1 amide bonds. The molecule has 3 N–H and O–H groups in total. The average molecular weight is 414 g/mol. The van der Waals surface area contributed by atoms with Gasteiger partial charge in [-0.2, -0.15) is 4.31 Å². The van der Waals surface area contributed by atoms with E-state index in [1.165, 1.54) is 10.5 Å². The molecule has 10 heteroatoms. The Morgan fingerprint density at radius 3 is 2.63 bits per heavy atom. The number of carbonyl (C=O) groups is 1. The number of nitrogens with one attached hydrogen (secondary N) is 1. The highest BCUT2D eigenvalue weighted by molar-refractivity contribution is 7.89. The van der Waals surface area contributed by atoms with E-state index in [0.29, 0.717) is 37.2 Å². The zero-order valence-corrected chi connectivity index (χ0v) is 16.5. The standard InChI is InChI=1S/C17H23N5O3S.ClH/c18-13-4-3-12(10-13)17(23)21-6-8-22(9-7-21)26(24,25)15-11-20-16-14(15)2-1-5-19-16;/h1-2,5,11-13H,3-4,6-10,18H2,(H,19,20);1H. The molecule has 4 rings (SSSR count). The van der Waals surface area contributed by atoms with Crippen molar-refractivity contribution in [3.05, 3.63) is 24.5 Å². The van der Waals surface area contributed by atoms with E-state index in [2.05, 4.69) is 9.97 Å². The van der Waals surface area contributed by atoms with E-state index >= 15 is 0 Å². The zero-order chi connectivity index (χ0) is 18.3. The van der Waals surface area contributed by atoms with Gasteiger partial charge in [-0.3, -0.25) is 4.79 Å². The number of aromatic amines is 1. The van der Waals surface area contributed by atoms with Crippen LogP contribution in [-0.4, -0.2) is 65.7 Å². The highest BCUT2D eigenvalue weighted by atomic mass is 35.5. The number of carbonyl (C=O) groups excluding carboxylic acids is 1. The van der Waals surface area contributed by atoms with Crippen LogP contribution in [0.2, 0.25) is 0 Å². The number of nitrogens with zero attached hydrogens (tertiary/aromatic N) is 3. The minimum absolute atomic E-state index is 0. The molecule has 8 nitrogen and oxygen atoms in total. The highest BCUT2D eigenvalue weighted by Gasteiger charge is 2.35. The summed E-state index contributed by atoms with van der Waals surface area (Å²) in [5, 5.41) is 0.589. The number of pyridine rings is 1. The molecule has 3 heterocycles. The molecular formula is C17H24ClN5O3S. The van der Waals surface area contributed by atoms with Gasteiger partial charge in [0.1, 0.15) is 10.5 Å². The summed E-state index contributed by atoms with van der Waals surface area (Å²) in [7, 11) is -3.62. The number of H-pyrrole nitrogens is 1. The molecule has 0 spiro atoms. The lowest BCUT2D eigenvalue weighted by molar-refractivity contribution is -0.136. The Hall–Kier alpha value is -1.68. The topological polar surface area (TPSA) is 112 Å². The van der Waals surface area contributed by atoms with Gasteiger partial charge in [0.05, 0.1) is 0 Å². The van der Waals surface area contributed by atoms with Gasteiger partial charge in [-0.15, -0.1) is 12.4 Å². The van der Waals surface area contributed by atoms with Crippen molar-refractivity contribution in [2.45, 2.75) is 30.2 Å². The van der Waals surface area contributed by atoms with Crippen molar-refractivity contribution in [3.63, 3.8) is 0 Å². The fourth-order valence-electron chi connectivity index (χ4n) is 3.93. The molecule has 2 atom stereocenters. The second-order valence-electron chi connectivity index (χ2n) is 7.05. The summed E-state index contributed by atoms with van der Waals surface area (Å²) in [5.41, 5.74) is 6.46. The molecule has 2 aromatic rings. The lowest BCUT2D eigenvalue weighted by Crippen LogP contribution is -2.51. The van der Waals surface area contributed by atoms with E-state index in [9.17, 15) is 13.2 Å². The third kappa shape index (κ3) is 3.69. The van der Waals surface area contributed by atoms with Crippen molar-refractivity contribution in [2.24, 2.45) is 11.7 Å². The summed E-state index contributed by atoms with van der Waals surface area (Å²) < 4.78 is 27.4. The number of hydrogen-bond donors (Lipinski definition) is 2. The molecule has 0 radical (unpaired) electrons. The number of piperazine rings is 1. The number of rotatable bonds is 3. The fourth-order valence-corrected chi connectivity index (χ4v) is 5.50. The molecule has 1 aliphatic heterocycles. The van der Waals surface area contributed by atoms with Crippen LogP contribution in [0.1, 0.15) is 19.3 Å². The van der Waals surface area contributed by atoms with Crippen molar-refractivity contribution in [1.82, 2.24) is 19.2 Å². The van der Waals surface area contributed by atoms with Crippen LogP contribution in [0, 0.1) is 5.92 Å². The zero-order valence-electron chi connectivity index (χ0n) is 14.9. The molecule has 1 saturated carbocycles. The van der Waals surface area contributed by atoms with Crippen LogP contribution in [0.5, 0.6) is 0 Å². The smallest absolute Gasteiger partial charge is 0.245 e. The van der Waals surface area contributed by atoms with Gasteiger partial charge in [-0.25, -0.2) is 13.4 Å². The molecule has 2 fully saturated rings. The van der Waals surface area contributed by atoms with E-state index in [-0.39, 0.29) is 35.2 Å². The van der Waals surface area contributed by atoms with E-state index in [4.69, 9.17) is 5.73 Å². The minimum atomic E-state index is -3.62. The van der Waals surface area contributed by atoms with Crippen LogP contribution in [-0.2, 0) is 14.8 Å². The lowest BCUT2D eigenvalue weighted by atomic mass is 10.1. The Bertz CT molecular complexity index is 924. The van der Waals surface area contributed by atoms with Crippen LogP contribution in [0.25, 0.3) is 11.0 Å². The van der Waals surface area contributed by atoms with Gasteiger partial charge < -0.3 is 15.6 Å². The first-order chi connectivity index (χ1) is 12.5. The molecule has 2 unspecified atom stereocenters. The van der Waals surface area contributed by atoms with Gasteiger partial charge in [0.25, 0.3) is 0 Å². The number of sulfonamides is 1. The fraction of sp³-hybridized carbons (Fsp3) is 0.529. The summed E-state index contributed by atoms with van der Waals surface area (Å²) in [6.45, 7) is 1.45. The second kappa shape index (κ2) is 7.75. The maximum atomic E-state index is 13.0. The number of halogens is 1. The van der Waals surface area contributed by atoms with Crippen LogP contribution in [0.3, 0.4) is 0 Å². The predicted molar refractivity (Wildman–Crippen MR) is 104 cm³/mol. The quantitative estimate of drug-likeness (QED) is 0.777. The lowest BCUT2D eigenvalue weighted by Gasteiger charge is -2.35. The normalized spacial score (nSPS) is 24.1. The van der Waals surface area contributed by atoms with Gasteiger partial charge in [-0.1, -0.05) is 0 Å². The van der Waals surface area contributed by atoms with Crippen LogP contribution in [0.15, 0.2) is 29.4 Å². The van der Waals surface area contributed by atoms with E-state index in [0.717, 1.165) is 19.3 Å². The first kappa shape index (κ1) is 20.1. The molecule has 0 bridgehead atoms. The molecule has 1 saturated heterocycles. The van der Waals surface area contributed by atoms with Gasteiger partial charge in [-0.05, 0) is 31.4 Å². The van der Waals surface area contributed by atoms with Gasteiger partial charge in [0, 0.05) is 55.9 Å². The number of aromatic nitrogens is 2. The Labute approximate surface area is 164 Å². The van der Waals surface area contributed by atoms with Gasteiger partial charge >= 0.3 is 0 Å². The van der Waals surface area contributed by atoms with Crippen molar-refractivity contribution in [2.75, 3.05) is 26.2 Å². The summed E-state index contributed by atoms with van der Waals surface area (Å²) >= 11 is 0. The third-order valence-electron chi connectivity index (χ3n) is 5.40. The maximum Gasteiger partial charge on any atom is 0.245 e. The van der Waals surface area contributed by atoms with Crippen LogP contribution < -0.4 is 5.73 Å². The van der Waals surface area contributed by atoms with E-state index in [1.807, 2.05) is 0 Å². The van der Waals surface area contributed by atoms with E-state index in [1.54, 1.807) is 23.2 Å². The minimum Gasteiger partial charge on any atom is -0.345 e. The average Bonchev–Trinajstić information content (AvgIpc) is 3.28. The molecule has 2 aliphatic rings. The summed E-state index contributed by atoms with van der Waals surface area (Å²) in [6, 6.07) is 3.58. The first-order valence-electron chi connectivity index (χ1n) is 8.93. The summed E-state index contributed by atoms with van der Waals surface area (Å²) in [5.74, 6) is 0.110. The largest absolute Gasteiger partial charge is 0.345 e. The number of amides is 1. The van der Waals surface area contributed by atoms with E-state index < -0.39 is 10.0 Å². The molecular weight excluding hydrogens is 390 g/mol. The van der Waals surface area contributed by atoms with Crippen molar-refractivity contribution < 1.29 is 13.2 Å². The third-order valence-corrected chi connectivity index (χ3v) is 7.34. The predicted octanol–water partition coefficient (Wildman–Crippen LogP) is 0.945. The van der Waals surface area contributed by atoms with Gasteiger partial charge in [0.15, 0.2) is 0 Å². The maximum absolute atomic E-state index is 13.0. The second-order valence-corrected chi connectivity index (χ2v) is 8.96. The molecule has 1 aliphatic carbocycles. The molecule has 148 valence electrons. The monoisotopic (exact) mass is 413 g/mol. The van der Waals surface area contributed by atoms with Crippen molar-refractivity contribution in [1.29, 1.82) is 0 Å². The number of hydrogen-bond acceptors (Lipinski definition) is 5. The Kier molecular flexibility index (Phi) is 5.76. The van der Waals surface area contributed by atoms with Crippen LogP contribution >= 0.6 is 12.4 Å². The molecule has 27 heavy (non-hydrogen) atoms. The van der Waals surface area contributed by atoms with Crippen molar-refractivity contribution >= 4 is 39.4 Å². The Balaban J connectivity index is 0.00000210. The summed E-state index contributed by atoms with van der Waals surface area (Å²) in [6.07, 6.45) is 5.57. The number of fused-ring (bicyclic) bond motifs is 1. The molecule has 0 aromatic carbocycles. The SMILES string of the molecule is Cl.NC1CCC(C(=O)N2CCN(S(=O)(=O)c3c[nH]c4ncccc34)CC2)C1. The molecule has 2 aromatic heterocycles. The Morgan fingerprint density at radius 2 is 1.96 bits per heavy atom. The highest BCUT2D eigenvalue weighted by Crippen LogP contribution is 2.28. The number of nitrogens with two attached hydrogens (primary N) is 1. The Morgan fingerprint density at radius 1 is 1.22 bits per heavy atom. The van der Waals surface area contributed by atoms with Crippen molar-refractivity contribution in [3.8, 4) is 0 Å².